The summed E-state index contributed by atoms with van der Waals surface area (Å²) < 4.78 is 5.67. The minimum Gasteiger partial charge on any atom is -0.463 e. The predicted molar refractivity (Wildman–Crippen MR) is 78.3 cm³/mol. The van der Waals surface area contributed by atoms with Crippen LogP contribution in [0.25, 0.3) is 0 Å². The molecule has 0 atom stereocenters. The second kappa shape index (κ2) is 5.25. The van der Waals surface area contributed by atoms with Crippen LogP contribution in [0.4, 0.5) is 0 Å². The van der Waals surface area contributed by atoms with Gasteiger partial charge in [-0.15, -0.1) is 0 Å². The molecule has 0 saturated carbocycles. The first-order valence-electron chi connectivity index (χ1n) is 6.56. The Kier molecular flexibility index (Phi) is 3.44. The van der Waals surface area contributed by atoms with E-state index in [0.717, 1.165) is 11.1 Å². The van der Waals surface area contributed by atoms with Gasteiger partial charge in [0.25, 0.3) is 11.1 Å². The van der Waals surface area contributed by atoms with Crippen LogP contribution in [0.5, 0.6) is 5.19 Å². The Hall–Kier alpha value is -1.88. The Labute approximate surface area is 122 Å². The van der Waals surface area contributed by atoms with E-state index in [4.69, 9.17) is 4.74 Å². The van der Waals surface area contributed by atoms with Crippen LogP contribution in [0, 0.1) is 13.8 Å². The number of benzene rings is 1. The van der Waals surface area contributed by atoms with Crippen molar-refractivity contribution < 1.29 is 9.53 Å². The van der Waals surface area contributed by atoms with Crippen molar-refractivity contribution >= 4 is 17.2 Å². The lowest BCUT2D eigenvalue weighted by atomic mass is 10.0. The molecule has 104 valence electrons. The Morgan fingerprint density at radius 3 is 2.85 bits per heavy atom. The Morgan fingerprint density at radius 1 is 1.40 bits per heavy atom. The first-order valence-corrected chi connectivity index (χ1v) is 7.44. The highest BCUT2D eigenvalue weighted by Crippen LogP contribution is 2.22. The number of carbonyl (C=O) groups excluding carboxylic acids is 1. The summed E-state index contributed by atoms with van der Waals surface area (Å²) >= 11 is 1.47. The zero-order valence-corrected chi connectivity index (χ0v) is 12.3. The standard InChI is InChI=1S/C15H16N2O2S/c1-10-3-4-13(11(2)7-10)14(18)17-8-12(9-17)19-15-16-5-6-20-15/h3-7,12H,8-9H2,1-2H3. The Bertz CT molecular complexity index is 619. The van der Waals surface area contributed by atoms with Gasteiger partial charge in [0.15, 0.2) is 0 Å². The average molecular weight is 288 g/mol. The Morgan fingerprint density at radius 2 is 2.20 bits per heavy atom. The van der Waals surface area contributed by atoms with Gasteiger partial charge in [-0.05, 0) is 25.5 Å². The number of carbonyl (C=O) groups is 1. The topological polar surface area (TPSA) is 42.4 Å². The number of amides is 1. The van der Waals surface area contributed by atoms with E-state index in [1.807, 2.05) is 42.3 Å². The molecule has 3 rings (SSSR count). The van der Waals surface area contributed by atoms with E-state index < -0.39 is 0 Å². The predicted octanol–water partition coefficient (Wildman–Crippen LogP) is 2.66. The van der Waals surface area contributed by atoms with Gasteiger partial charge in [-0.3, -0.25) is 4.79 Å². The summed E-state index contributed by atoms with van der Waals surface area (Å²) in [7, 11) is 0. The molecule has 1 aromatic carbocycles. The van der Waals surface area contributed by atoms with Crippen LogP contribution in [0.1, 0.15) is 21.5 Å². The fraction of sp³-hybridized carbons (Fsp3) is 0.333. The molecular weight excluding hydrogens is 272 g/mol. The van der Waals surface area contributed by atoms with Crippen molar-refractivity contribution in [3.05, 3.63) is 46.5 Å². The van der Waals surface area contributed by atoms with Crippen molar-refractivity contribution in [3.8, 4) is 5.19 Å². The first kappa shape index (κ1) is 13.1. The number of nitrogens with zero attached hydrogens (tertiary/aromatic N) is 2. The number of ether oxygens (including phenoxy) is 1. The third kappa shape index (κ3) is 2.54. The summed E-state index contributed by atoms with van der Waals surface area (Å²) in [6, 6.07) is 5.92. The van der Waals surface area contributed by atoms with Crippen molar-refractivity contribution in [1.29, 1.82) is 0 Å². The minimum atomic E-state index is 0.0656. The molecule has 1 amide bonds. The lowest BCUT2D eigenvalue weighted by Gasteiger charge is -2.38. The molecule has 0 aliphatic carbocycles. The molecule has 0 radical (unpaired) electrons. The van der Waals surface area contributed by atoms with Crippen molar-refractivity contribution in [1.82, 2.24) is 9.88 Å². The molecule has 20 heavy (non-hydrogen) atoms. The van der Waals surface area contributed by atoms with Gasteiger partial charge >= 0.3 is 0 Å². The molecule has 1 saturated heterocycles. The number of hydrogen-bond acceptors (Lipinski definition) is 4. The summed E-state index contributed by atoms with van der Waals surface area (Å²) in [5.41, 5.74) is 2.98. The third-order valence-corrected chi connectivity index (χ3v) is 4.09. The van der Waals surface area contributed by atoms with Gasteiger partial charge in [0.1, 0.15) is 6.10 Å². The van der Waals surface area contributed by atoms with E-state index in [2.05, 4.69) is 4.98 Å². The second-order valence-electron chi connectivity index (χ2n) is 5.07. The van der Waals surface area contributed by atoms with Crippen LogP contribution in [0.15, 0.2) is 29.8 Å². The van der Waals surface area contributed by atoms with E-state index >= 15 is 0 Å². The SMILES string of the molecule is Cc1ccc(C(=O)N2CC(Oc3nccs3)C2)c(C)c1. The maximum atomic E-state index is 12.4. The van der Waals surface area contributed by atoms with E-state index in [0.29, 0.717) is 18.3 Å². The highest BCUT2D eigenvalue weighted by molar-refractivity contribution is 7.11. The zero-order valence-electron chi connectivity index (χ0n) is 11.5. The molecule has 1 aromatic heterocycles. The van der Waals surface area contributed by atoms with Crippen molar-refractivity contribution in [2.45, 2.75) is 20.0 Å². The van der Waals surface area contributed by atoms with E-state index in [1.165, 1.54) is 16.9 Å². The summed E-state index contributed by atoms with van der Waals surface area (Å²) in [4.78, 5) is 18.3. The molecule has 0 unspecified atom stereocenters. The van der Waals surface area contributed by atoms with Gasteiger partial charge < -0.3 is 9.64 Å². The Balaban J connectivity index is 1.60. The number of thiazole rings is 1. The van der Waals surface area contributed by atoms with E-state index in [1.54, 1.807) is 6.20 Å². The number of likely N-dealkylation sites (tertiary alicyclic amines) is 1. The molecule has 1 fully saturated rings. The molecule has 2 heterocycles. The number of aryl methyl sites for hydroxylation is 2. The van der Waals surface area contributed by atoms with Gasteiger partial charge in [0.05, 0.1) is 13.1 Å². The van der Waals surface area contributed by atoms with Crippen LogP contribution in [0.2, 0.25) is 0 Å². The smallest absolute Gasteiger partial charge is 0.273 e. The fourth-order valence-corrected chi connectivity index (χ4v) is 2.87. The molecule has 0 N–H and O–H groups in total. The first-order chi connectivity index (χ1) is 9.63. The molecule has 4 nitrogen and oxygen atoms in total. The fourth-order valence-electron chi connectivity index (χ4n) is 2.31. The summed E-state index contributed by atoms with van der Waals surface area (Å²) in [6.07, 6.45) is 1.79. The van der Waals surface area contributed by atoms with Gasteiger partial charge in [0, 0.05) is 17.1 Å². The van der Waals surface area contributed by atoms with Crippen LogP contribution < -0.4 is 4.74 Å². The maximum Gasteiger partial charge on any atom is 0.273 e. The average Bonchev–Trinajstić information content (AvgIpc) is 2.85. The van der Waals surface area contributed by atoms with Crippen molar-refractivity contribution in [2.75, 3.05) is 13.1 Å². The molecular formula is C15H16N2O2S. The van der Waals surface area contributed by atoms with Crippen LogP contribution >= 0.6 is 11.3 Å². The number of rotatable bonds is 3. The van der Waals surface area contributed by atoms with Gasteiger partial charge in [-0.1, -0.05) is 29.0 Å². The molecule has 1 aliphatic heterocycles. The molecule has 1 aliphatic rings. The highest BCUT2D eigenvalue weighted by Gasteiger charge is 2.33. The van der Waals surface area contributed by atoms with Crippen molar-refractivity contribution in [3.63, 3.8) is 0 Å². The summed E-state index contributed by atoms with van der Waals surface area (Å²) in [5.74, 6) is 0.0847. The van der Waals surface area contributed by atoms with Gasteiger partial charge in [0.2, 0.25) is 0 Å². The van der Waals surface area contributed by atoms with E-state index in [-0.39, 0.29) is 12.0 Å². The van der Waals surface area contributed by atoms with Crippen LogP contribution in [-0.2, 0) is 0 Å². The van der Waals surface area contributed by atoms with E-state index in [9.17, 15) is 4.79 Å². The van der Waals surface area contributed by atoms with Crippen LogP contribution in [-0.4, -0.2) is 35.0 Å². The summed E-state index contributed by atoms with van der Waals surface area (Å²) in [6.45, 7) is 5.27. The third-order valence-electron chi connectivity index (χ3n) is 3.42. The lowest BCUT2D eigenvalue weighted by Crippen LogP contribution is -2.56. The molecule has 2 aromatic rings. The minimum absolute atomic E-state index is 0.0656. The van der Waals surface area contributed by atoms with Crippen LogP contribution in [0.3, 0.4) is 0 Å². The monoisotopic (exact) mass is 288 g/mol. The highest BCUT2D eigenvalue weighted by atomic mass is 32.1. The number of hydrogen-bond donors (Lipinski definition) is 0. The quantitative estimate of drug-likeness (QED) is 0.872. The van der Waals surface area contributed by atoms with Gasteiger partial charge in [-0.25, -0.2) is 4.98 Å². The largest absolute Gasteiger partial charge is 0.463 e. The second-order valence-corrected chi connectivity index (χ2v) is 5.92. The normalized spacial score (nSPS) is 15.0. The summed E-state index contributed by atoms with van der Waals surface area (Å²) in [5, 5.41) is 2.56. The van der Waals surface area contributed by atoms with Crippen molar-refractivity contribution in [2.24, 2.45) is 0 Å². The molecule has 0 bridgehead atoms. The molecule has 5 heteroatoms. The molecule has 0 spiro atoms. The van der Waals surface area contributed by atoms with Gasteiger partial charge in [-0.2, -0.15) is 0 Å². The zero-order chi connectivity index (χ0) is 14.1. The maximum absolute atomic E-state index is 12.4. The number of aromatic nitrogens is 1. The lowest BCUT2D eigenvalue weighted by molar-refractivity contribution is 0.0176.